The van der Waals surface area contributed by atoms with Gasteiger partial charge < -0.3 is 9.47 Å². The highest BCUT2D eigenvalue weighted by Crippen LogP contribution is 2.32. The number of amides is 2. The number of rotatable bonds is 3. The number of carbonyl (C=O) groups is 2. The van der Waals surface area contributed by atoms with Crippen LogP contribution in [0.25, 0.3) is 0 Å². The molecule has 0 N–H and O–H groups in total. The quantitative estimate of drug-likeness (QED) is 0.846. The monoisotopic (exact) mass is 352 g/mol. The molecule has 6 nitrogen and oxygen atoms in total. The number of hydrogen-bond acceptors (Lipinski definition) is 4. The van der Waals surface area contributed by atoms with E-state index in [4.69, 9.17) is 9.47 Å². The summed E-state index contributed by atoms with van der Waals surface area (Å²) in [6, 6.07) is 14.8. The second kappa shape index (κ2) is 6.37. The fraction of sp³-hybridized carbons (Fsp3) is 0.300. The molecule has 2 aliphatic heterocycles. The Bertz CT molecular complexity index is 760. The largest absolute Gasteiger partial charge is 0.447 e. The highest BCUT2D eigenvalue weighted by molar-refractivity contribution is 5.94. The van der Waals surface area contributed by atoms with Gasteiger partial charge in [-0.05, 0) is 38.1 Å². The molecule has 0 unspecified atom stereocenters. The van der Waals surface area contributed by atoms with E-state index in [1.165, 1.54) is 0 Å². The van der Waals surface area contributed by atoms with Gasteiger partial charge in [-0.1, -0.05) is 35.4 Å². The number of ether oxygens (including phenoxy) is 2. The lowest BCUT2D eigenvalue weighted by Gasteiger charge is -2.30. The van der Waals surface area contributed by atoms with E-state index in [0.29, 0.717) is 0 Å². The Hall–Kier alpha value is -3.02. The summed E-state index contributed by atoms with van der Waals surface area (Å²) in [6.07, 6.45) is -0.802. The van der Waals surface area contributed by atoms with Crippen molar-refractivity contribution in [1.29, 1.82) is 0 Å². The van der Waals surface area contributed by atoms with Crippen molar-refractivity contribution < 1.29 is 19.1 Å². The van der Waals surface area contributed by atoms with Crippen LogP contribution in [-0.4, -0.2) is 37.5 Å². The van der Waals surface area contributed by atoms with E-state index in [-0.39, 0.29) is 25.3 Å². The maximum Gasteiger partial charge on any atom is 0.414 e. The van der Waals surface area contributed by atoms with Gasteiger partial charge in [0.25, 0.3) is 0 Å². The van der Waals surface area contributed by atoms with Gasteiger partial charge in [0.1, 0.15) is 13.2 Å². The molecule has 4 rings (SSSR count). The molecule has 0 spiro atoms. The Morgan fingerprint density at radius 2 is 1.04 bits per heavy atom. The van der Waals surface area contributed by atoms with Gasteiger partial charge in [0.15, 0.2) is 0 Å². The minimum Gasteiger partial charge on any atom is -0.447 e. The Labute approximate surface area is 151 Å². The zero-order valence-electron chi connectivity index (χ0n) is 14.7. The Balaban J connectivity index is 1.67. The van der Waals surface area contributed by atoms with Crippen molar-refractivity contribution in [3.63, 3.8) is 0 Å². The SMILES string of the molecule is Cc1ccc(N2C(=O)OC[C@@H]2[C@H]2COC(=O)N2c2ccc(C)cc2)cc1. The third-order valence-electron chi connectivity index (χ3n) is 4.88. The summed E-state index contributed by atoms with van der Waals surface area (Å²) in [5.41, 5.74) is 3.73. The van der Waals surface area contributed by atoms with Crippen LogP contribution in [0.4, 0.5) is 21.0 Å². The van der Waals surface area contributed by atoms with Gasteiger partial charge in [-0.3, -0.25) is 9.80 Å². The van der Waals surface area contributed by atoms with Gasteiger partial charge in [0.2, 0.25) is 0 Å². The molecular formula is C20H20N2O4. The lowest BCUT2D eigenvalue weighted by molar-refractivity contribution is 0.172. The fourth-order valence-electron chi connectivity index (χ4n) is 3.44. The fourth-order valence-corrected chi connectivity index (χ4v) is 3.44. The number of benzene rings is 2. The first-order chi connectivity index (χ1) is 12.5. The molecule has 0 bridgehead atoms. The maximum absolute atomic E-state index is 12.4. The van der Waals surface area contributed by atoms with E-state index in [1.807, 2.05) is 62.4 Å². The summed E-state index contributed by atoms with van der Waals surface area (Å²) in [5, 5.41) is 0. The molecule has 2 aliphatic rings. The number of cyclic esters (lactones) is 2. The number of anilines is 2. The van der Waals surface area contributed by atoms with E-state index in [1.54, 1.807) is 9.80 Å². The molecule has 0 radical (unpaired) electrons. The predicted molar refractivity (Wildman–Crippen MR) is 97.6 cm³/mol. The normalized spacial score (nSPS) is 22.5. The van der Waals surface area contributed by atoms with Crippen molar-refractivity contribution in [2.75, 3.05) is 23.0 Å². The molecule has 134 valence electrons. The predicted octanol–water partition coefficient (Wildman–Crippen LogP) is 3.65. The van der Waals surface area contributed by atoms with Crippen LogP contribution in [0, 0.1) is 13.8 Å². The summed E-state index contributed by atoms with van der Waals surface area (Å²) in [5.74, 6) is 0. The molecule has 26 heavy (non-hydrogen) atoms. The first kappa shape index (κ1) is 16.4. The van der Waals surface area contributed by atoms with Gasteiger partial charge in [-0.25, -0.2) is 9.59 Å². The first-order valence-electron chi connectivity index (χ1n) is 8.60. The van der Waals surface area contributed by atoms with E-state index in [0.717, 1.165) is 22.5 Å². The third-order valence-corrected chi connectivity index (χ3v) is 4.88. The highest BCUT2D eigenvalue weighted by Gasteiger charge is 2.47. The van der Waals surface area contributed by atoms with Crippen molar-refractivity contribution in [2.45, 2.75) is 25.9 Å². The number of hydrogen-bond donors (Lipinski definition) is 0. The molecule has 2 heterocycles. The maximum atomic E-state index is 12.4. The molecule has 2 atom stereocenters. The van der Waals surface area contributed by atoms with E-state index >= 15 is 0 Å². The highest BCUT2D eigenvalue weighted by atomic mass is 16.6. The van der Waals surface area contributed by atoms with E-state index in [2.05, 4.69) is 0 Å². The summed E-state index contributed by atoms with van der Waals surface area (Å²) in [7, 11) is 0. The van der Waals surface area contributed by atoms with Crippen LogP contribution < -0.4 is 9.80 Å². The average Bonchev–Trinajstić information content (AvgIpc) is 3.19. The standard InChI is InChI=1S/C20H20N2O4/c1-13-3-7-15(8-4-13)21-17(11-25-19(21)23)18-12-26-20(24)22(18)16-9-5-14(2)6-10-16/h3-10,17-18H,11-12H2,1-2H3/t17-,18-/m1/s1. The molecule has 2 saturated heterocycles. The number of aryl methyl sites for hydroxylation is 2. The van der Waals surface area contributed by atoms with Crippen LogP contribution >= 0.6 is 0 Å². The molecule has 0 aliphatic carbocycles. The lowest BCUT2D eigenvalue weighted by atomic mass is 10.1. The van der Waals surface area contributed by atoms with Crippen molar-refractivity contribution in [2.24, 2.45) is 0 Å². The molecule has 0 saturated carbocycles. The van der Waals surface area contributed by atoms with E-state index < -0.39 is 12.2 Å². The molecule has 2 amide bonds. The molecule has 6 heteroatoms. The smallest absolute Gasteiger partial charge is 0.414 e. The van der Waals surface area contributed by atoms with Crippen LogP contribution in [-0.2, 0) is 9.47 Å². The molecule has 2 aromatic carbocycles. The summed E-state index contributed by atoms with van der Waals surface area (Å²) < 4.78 is 10.6. The number of carbonyl (C=O) groups excluding carboxylic acids is 2. The summed E-state index contributed by atoms with van der Waals surface area (Å²) in [4.78, 5) is 27.9. The van der Waals surface area contributed by atoms with Gasteiger partial charge in [0, 0.05) is 11.4 Å². The van der Waals surface area contributed by atoms with Gasteiger partial charge in [-0.15, -0.1) is 0 Å². The molecule has 0 aromatic heterocycles. The Kier molecular flexibility index (Phi) is 4.03. The summed E-state index contributed by atoms with van der Waals surface area (Å²) in [6.45, 7) is 4.42. The van der Waals surface area contributed by atoms with Crippen molar-refractivity contribution in [3.05, 3.63) is 59.7 Å². The topological polar surface area (TPSA) is 59.1 Å². The minimum absolute atomic E-state index is 0.219. The van der Waals surface area contributed by atoms with Crippen LogP contribution in [0.3, 0.4) is 0 Å². The zero-order chi connectivity index (χ0) is 18.3. The van der Waals surface area contributed by atoms with Crippen molar-refractivity contribution in [3.8, 4) is 0 Å². The van der Waals surface area contributed by atoms with Crippen molar-refractivity contribution in [1.82, 2.24) is 0 Å². The van der Waals surface area contributed by atoms with Gasteiger partial charge in [0.05, 0.1) is 12.1 Å². The Morgan fingerprint density at radius 3 is 1.38 bits per heavy atom. The van der Waals surface area contributed by atoms with Crippen LogP contribution in [0.1, 0.15) is 11.1 Å². The average molecular weight is 352 g/mol. The van der Waals surface area contributed by atoms with Gasteiger partial charge in [-0.2, -0.15) is 0 Å². The van der Waals surface area contributed by atoms with Gasteiger partial charge >= 0.3 is 12.2 Å². The zero-order valence-corrected chi connectivity index (χ0v) is 14.7. The van der Waals surface area contributed by atoms with Crippen LogP contribution in [0.2, 0.25) is 0 Å². The van der Waals surface area contributed by atoms with Crippen LogP contribution in [0.15, 0.2) is 48.5 Å². The summed E-state index contributed by atoms with van der Waals surface area (Å²) >= 11 is 0. The van der Waals surface area contributed by atoms with Crippen molar-refractivity contribution >= 4 is 23.6 Å². The van der Waals surface area contributed by atoms with E-state index in [9.17, 15) is 9.59 Å². The lowest BCUT2D eigenvalue weighted by Crippen LogP contribution is -2.50. The first-order valence-corrected chi connectivity index (χ1v) is 8.60. The minimum atomic E-state index is -0.401. The molecule has 2 fully saturated rings. The third kappa shape index (κ3) is 2.77. The number of nitrogens with zero attached hydrogens (tertiary/aromatic N) is 2. The Morgan fingerprint density at radius 1 is 0.692 bits per heavy atom. The molecular weight excluding hydrogens is 332 g/mol. The van der Waals surface area contributed by atoms with Crippen LogP contribution in [0.5, 0.6) is 0 Å². The second-order valence-corrected chi connectivity index (χ2v) is 6.70. The second-order valence-electron chi connectivity index (χ2n) is 6.70. The molecule has 2 aromatic rings.